The Hall–Kier alpha value is -0.650. The molecule has 0 aromatic heterocycles. The van der Waals surface area contributed by atoms with E-state index in [9.17, 15) is 4.79 Å². The van der Waals surface area contributed by atoms with Crippen LogP contribution in [-0.2, 0) is 14.3 Å². The standard InChI is InChI=1S/C17H30N2O3/c1-15(2)11(9-12(15)21-5)19-14(20)17(18)10-7-6-8-22-13(10)16(17,3)4/h10-13H,6-9,18H2,1-5H3,(H,19,20). The van der Waals surface area contributed by atoms with Crippen molar-refractivity contribution in [3.05, 3.63) is 0 Å². The van der Waals surface area contributed by atoms with Crippen LogP contribution < -0.4 is 11.1 Å². The zero-order valence-electron chi connectivity index (χ0n) is 14.4. The van der Waals surface area contributed by atoms with Crippen molar-refractivity contribution in [2.45, 2.75) is 70.7 Å². The van der Waals surface area contributed by atoms with Crippen molar-refractivity contribution in [1.29, 1.82) is 0 Å². The maximum atomic E-state index is 13.0. The van der Waals surface area contributed by atoms with E-state index in [1.165, 1.54) is 0 Å². The summed E-state index contributed by atoms with van der Waals surface area (Å²) in [4.78, 5) is 13.0. The molecule has 2 saturated carbocycles. The molecule has 1 heterocycles. The number of carbonyl (C=O) groups is 1. The molecular weight excluding hydrogens is 280 g/mol. The van der Waals surface area contributed by atoms with E-state index in [1.807, 2.05) is 0 Å². The zero-order valence-corrected chi connectivity index (χ0v) is 14.4. The Morgan fingerprint density at radius 3 is 2.59 bits per heavy atom. The van der Waals surface area contributed by atoms with Gasteiger partial charge in [-0.3, -0.25) is 4.79 Å². The summed E-state index contributed by atoms with van der Waals surface area (Å²) in [6.45, 7) is 9.17. The van der Waals surface area contributed by atoms with Gasteiger partial charge in [0.05, 0.1) is 12.2 Å². The first-order valence-electron chi connectivity index (χ1n) is 8.41. The van der Waals surface area contributed by atoms with Crippen LogP contribution in [0.3, 0.4) is 0 Å². The van der Waals surface area contributed by atoms with Gasteiger partial charge in [0.25, 0.3) is 0 Å². The lowest BCUT2D eigenvalue weighted by atomic mass is 9.46. The van der Waals surface area contributed by atoms with Crippen LogP contribution in [0.4, 0.5) is 0 Å². The number of hydrogen-bond donors (Lipinski definition) is 2. The van der Waals surface area contributed by atoms with Crippen molar-refractivity contribution in [3.8, 4) is 0 Å². The molecule has 5 atom stereocenters. The third kappa shape index (κ3) is 1.85. The van der Waals surface area contributed by atoms with Gasteiger partial charge < -0.3 is 20.5 Å². The third-order valence-corrected chi connectivity index (χ3v) is 6.83. The molecule has 0 spiro atoms. The quantitative estimate of drug-likeness (QED) is 0.827. The van der Waals surface area contributed by atoms with E-state index in [2.05, 4.69) is 33.0 Å². The number of carbonyl (C=O) groups excluding carboxylic acids is 1. The predicted molar refractivity (Wildman–Crippen MR) is 84.3 cm³/mol. The average molecular weight is 310 g/mol. The number of amides is 1. The molecule has 3 fully saturated rings. The molecule has 3 aliphatic rings. The topological polar surface area (TPSA) is 73.6 Å². The Bertz CT molecular complexity index is 477. The van der Waals surface area contributed by atoms with Gasteiger partial charge in [0.2, 0.25) is 5.91 Å². The molecule has 3 rings (SSSR count). The first-order chi connectivity index (χ1) is 10.2. The van der Waals surface area contributed by atoms with Gasteiger partial charge in [-0.25, -0.2) is 0 Å². The fraction of sp³-hybridized carbons (Fsp3) is 0.941. The number of nitrogens with one attached hydrogen (secondary N) is 1. The summed E-state index contributed by atoms with van der Waals surface area (Å²) in [5, 5.41) is 3.20. The third-order valence-electron chi connectivity index (χ3n) is 6.83. The Balaban J connectivity index is 1.72. The second-order valence-corrected chi connectivity index (χ2v) is 8.44. The van der Waals surface area contributed by atoms with Crippen LogP contribution in [0.2, 0.25) is 0 Å². The molecule has 126 valence electrons. The summed E-state index contributed by atoms with van der Waals surface area (Å²) in [5.41, 5.74) is 5.44. The van der Waals surface area contributed by atoms with Crippen LogP contribution >= 0.6 is 0 Å². The highest BCUT2D eigenvalue weighted by molar-refractivity contribution is 5.90. The summed E-state index contributed by atoms with van der Waals surface area (Å²) in [5.74, 6) is 0.120. The van der Waals surface area contributed by atoms with Crippen LogP contribution in [0.5, 0.6) is 0 Å². The predicted octanol–water partition coefficient (Wildman–Crippen LogP) is 1.45. The normalized spacial score (nSPS) is 45.2. The largest absolute Gasteiger partial charge is 0.381 e. The Labute approximate surface area is 133 Å². The van der Waals surface area contributed by atoms with E-state index >= 15 is 0 Å². The van der Waals surface area contributed by atoms with Gasteiger partial charge in [-0.05, 0) is 19.3 Å². The SMILES string of the molecule is COC1CC(NC(=O)C2(N)C3CCCOC3C2(C)C)C1(C)C. The molecule has 0 radical (unpaired) electrons. The maximum Gasteiger partial charge on any atom is 0.241 e. The molecule has 5 heteroatoms. The zero-order chi connectivity index (χ0) is 16.3. The van der Waals surface area contributed by atoms with Gasteiger partial charge in [-0.15, -0.1) is 0 Å². The van der Waals surface area contributed by atoms with E-state index in [-0.39, 0.29) is 40.9 Å². The van der Waals surface area contributed by atoms with Crippen molar-refractivity contribution in [3.63, 3.8) is 0 Å². The minimum atomic E-state index is -0.827. The van der Waals surface area contributed by atoms with Crippen molar-refractivity contribution in [2.24, 2.45) is 22.5 Å². The Morgan fingerprint density at radius 2 is 2.00 bits per heavy atom. The van der Waals surface area contributed by atoms with Crippen molar-refractivity contribution in [2.75, 3.05) is 13.7 Å². The van der Waals surface area contributed by atoms with E-state index in [1.54, 1.807) is 7.11 Å². The lowest BCUT2D eigenvalue weighted by Crippen LogP contribution is -2.83. The minimum Gasteiger partial charge on any atom is -0.381 e. The molecule has 5 unspecified atom stereocenters. The van der Waals surface area contributed by atoms with Crippen molar-refractivity contribution >= 4 is 5.91 Å². The Kier molecular flexibility index (Phi) is 3.63. The number of rotatable bonds is 3. The molecule has 3 N–H and O–H groups in total. The average Bonchev–Trinajstić information content (AvgIpc) is 2.49. The monoisotopic (exact) mass is 310 g/mol. The molecule has 5 nitrogen and oxygen atoms in total. The Morgan fingerprint density at radius 1 is 1.32 bits per heavy atom. The maximum absolute atomic E-state index is 13.0. The second-order valence-electron chi connectivity index (χ2n) is 8.44. The smallest absolute Gasteiger partial charge is 0.241 e. The van der Waals surface area contributed by atoms with E-state index in [4.69, 9.17) is 15.2 Å². The van der Waals surface area contributed by atoms with E-state index in [0.717, 1.165) is 25.9 Å². The van der Waals surface area contributed by atoms with Gasteiger partial charge >= 0.3 is 0 Å². The molecule has 0 aromatic rings. The summed E-state index contributed by atoms with van der Waals surface area (Å²) in [6, 6.07) is 0.129. The van der Waals surface area contributed by atoms with Gasteiger partial charge in [0.1, 0.15) is 5.54 Å². The molecule has 1 aliphatic heterocycles. The number of ether oxygens (including phenoxy) is 2. The highest BCUT2D eigenvalue weighted by Crippen LogP contribution is 2.57. The summed E-state index contributed by atoms with van der Waals surface area (Å²) >= 11 is 0. The number of hydrogen-bond acceptors (Lipinski definition) is 4. The van der Waals surface area contributed by atoms with E-state index < -0.39 is 5.54 Å². The molecule has 0 bridgehead atoms. The van der Waals surface area contributed by atoms with Crippen molar-refractivity contribution < 1.29 is 14.3 Å². The second kappa shape index (κ2) is 4.92. The molecule has 0 aromatic carbocycles. The van der Waals surface area contributed by atoms with Crippen LogP contribution in [-0.4, -0.2) is 43.4 Å². The fourth-order valence-corrected chi connectivity index (χ4v) is 4.84. The first-order valence-corrected chi connectivity index (χ1v) is 8.41. The molecule has 1 saturated heterocycles. The van der Waals surface area contributed by atoms with Gasteiger partial charge in [0, 0.05) is 36.5 Å². The highest BCUT2D eigenvalue weighted by atomic mass is 16.5. The lowest BCUT2D eigenvalue weighted by Gasteiger charge is -2.65. The van der Waals surface area contributed by atoms with Crippen LogP contribution in [0.1, 0.15) is 47.0 Å². The van der Waals surface area contributed by atoms with Crippen LogP contribution in [0.25, 0.3) is 0 Å². The van der Waals surface area contributed by atoms with Gasteiger partial charge in [-0.2, -0.15) is 0 Å². The molecular formula is C17H30N2O3. The van der Waals surface area contributed by atoms with Gasteiger partial charge in [-0.1, -0.05) is 27.7 Å². The molecule has 1 amide bonds. The summed E-state index contributed by atoms with van der Waals surface area (Å²) < 4.78 is 11.3. The lowest BCUT2D eigenvalue weighted by molar-refractivity contribution is -0.227. The fourth-order valence-electron chi connectivity index (χ4n) is 4.84. The summed E-state index contributed by atoms with van der Waals surface area (Å²) in [7, 11) is 1.73. The number of nitrogens with two attached hydrogens (primary N) is 1. The summed E-state index contributed by atoms with van der Waals surface area (Å²) in [6.07, 6.45) is 3.14. The van der Waals surface area contributed by atoms with Gasteiger partial charge in [0.15, 0.2) is 0 Å². The highest BCUT2D eigenvalue weighted by Gasteiger charge is 2.70. The van der Waals surface area contributed by atoms with E-state index in [0.29, 0.717) is 0 Å². The van der Waals surface area contributed by atoms with Crippen LogP contribution in [0, 0.1) is 16.7 Å². The van der Waals surface area contributed by atoms with Crippen LogP contribution in [0.15, 0.2) is 0 Å². The van der Waals surface area contributed by atoms with Crippen molar-refractivity contribution in [1.82, 2.24) is 5.32 Å². The number of methoxy groups -OCH3 is 1. The molecule has 2 aliphatic carbocycles. The number of fused-ring (bicyclic) bond motifs is 1. The minimum absolute atomic E-state index is 0.0168. The molecule has 22 heavy (non-hydrogen) atoms. The first kappa shape index (κ1) is 16.2.